The Bertz CT molecular complexity index is 117. The highest BCUT2D eigenvalue weighted by Gasteiger charge is 1.96. The van der Waals surface area contributed by atoms with E-state index in [0.717, 1.165) is 6.08 Å². The molecule has 0 rings (SSSR count). The van der Waals surface area contributed by atoms with E-state index < -0.39 is 11.7 Å². The van der Waals surface area contributed by atoms with Crippen LogP contribution in [0.4, 0.5) is 0 Å². The van der Waals surface area contributed by atoms with Crippen LogP contribution in [0.15, 0.2) is 12.7 Å². The normalized spacial score (nSPS) is 7.43. The number of hydrogen-bond donors (Lipinski definition) is 2. The molecule has 3 heteroatoms. The van der Waals surface area contributed by atoms with E-state index in [1.165, 1.54) is 0 Å². The second kappa shape index (κ2) is 2.12. The number of rotatable bonds is 2. The van der Waals surface area contributed by atoms with Crippen molar-refractivity contribution in [1.82, 2.24) is 0 Å². The van der Waals surface area contributed by atoms with Crippen LogP contribution in [0.5, 0.6) is 0 Å². The standard InChI is InChI=1S/C4H5NO2/c1-2-3(5)4(6)7/h2,5H,1H2,(H,6,7). The Morgan fingerprint density at radius 2 is 2.29 bits per heavy atom. The number of hydrogen-bond acceptors (Lipinski definition) is 2. The van der Waals surface area contributed by atoms with Crippen LogP contribution in [-0.2, 0) is 4.79 Å². The molecular formula is C4H5NO2. The van der Waals surface area contributed by atoms with Gasteiger partial charge in [0.15, 0.2) is 0 Å². The largest absolute Gasteiger partial charge is 0.477 e. The van der Waals surface area contributed by atoms with Crippen molar-refractivity contribution < 1.29 is 9.90 Å². The first-order valence-corrected chi connectivity index (χ1v) is 1.62. The maximum atomic E-state index is 9.63. The molecule has 0 aliphatic carbocycles. The van der Waals surface area contributed by atoms with Gasteiger partial charge in [-0.05, 0) is 6.08 Å². The van der Waals surface area contributed by atoms with Crippen LogP contribution in [0.25, 0.3) is 0 Å². The van der Waals surface area contributed by atoms with E-state index in [4.69, 9.17) is 10.5 Å². The summed E-state index contributed by atoms with van der Waals surface area (Å²) in [5.41, 5.74) is -0.472. The van der Waals surface area contributed by atoms with Crippen LogP contribution in [0.2, 0.25) is 0 Å². The van der Waals surface area contributed by atoms with E-state index in [-0.39, 0.29) is 0 Å². The minimum absolute atomic E-state index is 0.472. The number of aliphatic carboxylic acids is 1. The average molecular weight is 99.1 g/mol. The van der Waals surface area contributed by atoms with Crippen LogP contribution in [0.1, 0.15) is 0 Å². The topological polar surface area (TPSA) is 61.2 Å². The van der Waals surface area contributed by atoms with Gasteiger partial charge in [-0.3, -0.25) is 5.41 Å². The van der Waals surface area contributed by atoms with E-state index in [1.807, 2.05) is 0 Å². The zero-order chi connectivity index (χ0) is 5.86. The first-order chi connectivity index (χ1) is 3.18. The predicted molar refractivity (Wildman–Crippen MR) is 25.6 cm³/mol. The molecule has 0 aromatic heterocycles. The molecule has 0 bridgehead atoms. The van der Waals surface area contributed by atoms with Crippen LogP contribution < -0.4 is 0 Å². The van der Waals surface area contributed by atoms with E-state index in [9.17, 15) is 4.79 Å². The molecule has 0 fully saturated rings. The molecule has 0 amide bonds. The first-order valence-electron chi connectivity index (χ1n) is 1.62. The van der Waals surface area contributed by atoms with Crippen LogP contribution in [0, 0.1) is 5.41 Å². The Kier molecular flexibility index (Phi) is 1.78. The fraction of sp³-hybridized carbons (Fsp3) is 0. The summed E-state index contributed by atoms with van der Waals surface area (Å²) in [6, 6.07) is 0. The Hall–Kier alpha value is -1.12. The van der Waals surface area contributed by atoms with Crippen LogP contribution in [-0.4, -0.2) is 16.8 Å². The molecule has 0 aromatic carbocycles. The van der Waals surface area contributed by atoms with Gasteiger partial charge in [0.1, 0.15) is 5.71 Å². The van der Waals surface area contributed by atoms with Crippen molar-refractivity contribution in [3.8, 4) is 0 Å². The summed E-state index contributed by atoms with van der Waals surface area (Å²) in [5.74, 6) is -1.24. The van der Waals surface area contributed by atoms with E-state index >= 15 is 0 Å². The summed E-state index contributed by atoms with van der Waals surface area (Å²) in [6.45, 7) is 3.08. The van der Waals surface area contributed by atoms with Gasteiger partial charge in [0, 0.05) is 0 Å². The number of carboxylic acid groups (broad SMARTS) is 1. The zero-order valence-electron chi connectivity index (χ0n) is 3.64. The molecule has 0 radical (unpaired) electrons. The van der Waals surface area contributed by atoms with Crippen molar-refractivity contribution in [3.63, 3.8) is 0 Å². The molecule has 2 N–H and O–H groups in total. The lowest BCUT2D eigenvalue weighted by molar-refractivity contribution is -0.129. The Morgan fingerprint density at radius 3 is 2.29 bits per heavy atom. The smallest absolute Gasteiger partial charge is 0.353 e. The minimum atomic E-state index is -1.24. The summed E-state index contributed by atoms with van der Waals surface area (Å²) >= 11 is 0. The Balaban J connectivity index is 3.81. The fourth-order valence-corrected chi connectivity index (χ4v) is 0.0873. The van der Waals surface area contributed by atoms with Crippen molar-refractivity contribution in [3.05, 3.63) is 12.7 Å². The van der Waals surface area contributed by atoms with Crippen LogP contribution >= 0.6 is 0 Å². The molecule has 0 aliphatic rings. The van der Waals surface area contributed by atoms with Gasteiger partial charge in [-0.2, -0.15) is 0 Å². The predicted octanol–water partition coefficient (Wildman–Crippen LogP) is 0.277. The Morgan fingerprint density at radius 1 is 1.86 bits per heavy atom. The van der Waals surface area contributed by atoms with Gasteiger partial charge in [0.05, 0.1) is 0 Å². The molecule has 0 atom stereocenters. The molecule has 0 aliphatic heterocycles. The maximum absolute atomic E-state index is 9.63. The number of carboxylic acids is 1. The van der Waals surface area contributed by atoms with Crippen molar-refractivity contribution >= 4 is 11.7 Å². The van der Waals surface area contributed by atoms with Gasteiger partial charge >= 0.3 is 5.97 Å². The highest BCUT2D eigenvalue weighted by atomic mass is 16.4. The van der Waals surface area contributed by atoms with Crippen molar-refractivity contribution in [2.24, 2.45) is 0 Å². The molecule has 0 saturated heterocycles. The fourth-order valence-electron chi connectivity index (χ4n) is 0.0873. The maximum Gasteiger partial charge on any atom is 0.353 e. The number of carbonyl (C=O) groups is 1. The third-order valence-electron chi connectivity index (χ3n) is 0.435. The highest BCUT2D eigenvalue weighted by molar-refractivity contribution is 6.38. The monoisotopic (exact) mass is 99.0 g/mol. The van der Waals surface area contributed by atoms with Gasteiger partial charge in [-0.1, -0.05) is 6.58 Å². The lowest BCUT2D eigenvalue weighted by Gasteiger charge is -1.80. The first kappa shape index (κ1) is 5.88. The SMILES string of the molecule is C=CC(=N)C(=O)O. The van der Waals surface area contributed by atoms with Crippen molar-refractivity contribution in [2.45, 2.75) is 0 Å². The number of nitrogens with one attached hydrogen (secondary N) is 1. The summed E-state index contributed by atoms with van der Waals surface area (Å²) in [7, 11) is 0. The summed E-state index contributed by atoms with van der Waals surface area (Å²) in [5, 5.41) is 14.4. The molecule has 38 valence electrons. The molecule has 0 spiro atoms. The molecule has 7 heavy (non-hydrogen) atoms. The van der Waals surface area contributed by atoms with Gasteiger partial charge < -0.3 is 5.11 Å². The van der Waals surface area contributed by atoms with Gasteiger partial charge in [0.25, 0.3) is 0 Å². The van der Waals surface area contributed by atoms with E-state index in [0.29, 0.717) is 0 Å². The molecular weight excluding hydrogens is 94.0 g/mol. The van der Waals surface area contributed by atoms with Gasteiger partial charge in [-0.25, -0.2) is 4.79 Å². The quantitative estimate of drug-likeness (QED) is 0.488. The van der Waals surface area contributed by atoms with Crippen molar-refractivity contribution in [2.75, 3.05) is 0 Å². The third kappa shape index (κ3) is 1.70. The minimum Gasteiger partial charge on any atom is -0.477 e. The third-order valence-corrected chi connectivity index (χ3v) is 0.435. The summed E-state index contributed by atoms with van der Waals surface area (Å²) in [4.78, 5) is 9.63. The van der Waals surface area contributed by atoms with E-state index in [1.54, 1.807) is 0 Å². The van der Waals surface area contributed by atoms with Crippen LogP contribution in [0.3, 0.4) is 0 Å². The molecule has 0 heterocycles. The second-order valence-electron chi connectivity index (χ2n) is 0.923. The average Bonchev–Trinajstić information content (AvgIpc) is 1.65. The lowest BCUT2D eigenvalue weighted by Crippen LogP contribution is -2.06. The molecule has 0 unspecified atom stereocenters. The molecule has 3 nitrogen and oxygen atoms in total. The summed E-state index contributed by atoms with van der Waals surface area (Å²) in [6.07, 6.45) is 0.975. The summed E-state index contributed by atoms with van der Waals surface area (Å²) < 4.78 is 0. The van der Waals surface area contributed by atoms with Gasteiger partial charge in [0.2, 0.25) is 0 Å². The molecule has 0 saturated carbocycles. The zero-order valence-corrected chi connectivity index (χ0v) is 3.64. The lowest BCUT2D eigenvalue weighted by atomic mass is 10.4. The van der Waals surface area contributed by atoms with Crippen molar-refractivity contribution in [1.29, 1.82) is 5.41 Å². The van der Waals surface area contributed by atoms with Gasteiger partial charge in [-0.15, -0.1) is 0 Å². The Labute approximate surface area is 40.8 Å². The van der Waals surface area contributed by atoms with E-state index in [2.05, 4.69) is 6.58 Å². The highest BCUT2D eigenvalue weighted by Crippen LogP contribution is 1.70. The second-order valence-corrected chi connectivity index (χ2v) is 0.923. The molecule has 0 aromatic rings.